The first-order valence-electron chi connectivity index (χ1n) is 6.75. The molecule has 2 fully saturated rings. The SMILES string of the molecule is O=C(O)CC(NC(C1CC1)C1CC1)c1cccs1. The monoisotopic (exact) mass is 265 g/mol. The fraction of sp³-hybridized carbons (Fsp3) is 0.643. The van der Waals surface area contributed by atoms with Crippen LogP contribution in [0.2, 0.25) is 0 Å². The summed E-state index contributed by atoms with van der Waals surface area (Å²) in [6.45, 7) is 0. The molecule has 0 aliphatic heterocycles. The second-order valence-electron chi connectivity index (χ2n) is 5.53. The fourth-order valence-electron chi connectivity index (χ4n) is 2.71. The Morgan fingerprint density at radius 1 is 1.39 bits per heavy atom. The molecule has 1 aromatic heterocycles. The van der Waals surface area contributed by atoms with Gasteiger partial charge >= 0.3 is 5.97 Å². The molecule has 0 radical (unpaired) electrons. The molecule has 4 heteroatoms. The molecular formula is C14H19NO2S. The molecule has 1 atom stereocenters. The van der Waals surface area contributed by atoms with Gasteiger partial charge < -0.3 is 10.4 Å². The minimum absolute atomic E-state index is 0.00583. The van der Waals surface area contributed by atoms with Gasteiger partial charge in [0.05, 0.1) is 12.5 Å². The summed E-state index contributed by atoms with van der Waals surface area (Å²) in [4.78, 5) is 12.2. The van der Waals surface area contributed by atoms with E-state index in [2.05, 4.69) is 5.32 Å². The van der Waals surface area contributed by atoms with Gasteiger partial charge in [-0.2, -0.15) is 0 Å². The molecule has 1 aromatic rings. The van der Waals surface area contributed by atoms with Crippen molar-refractivity contribution in [3.63, 3.8) is 0 Å². The second-order valence-corrected chi connectivity index (χ2v) is 6.51. The van der Waals surface area contributed by atoms with Gasteiger partial charge in [-0.15, -0.1) is 11.3 Å². The highest BCUT2D eigenvalue weighted by Gasteiger charge is 2.42. The molecular weight excluding hydrogens is 246 g/mol. The largest absolute Gasteiger partial charge is 0.481 e. The topological polar surface area (TPSA) is 49.3 Å². The zero-order valence-electron chi connectivity index (χ0n) is 10.3. The Labute approximate surface area is 111 Å². The molecule has 0 bridgehead atoms. The van der Waals surface area contributed by atoms with Gasteiger partial charge in [0.25, 0.3) is 0 Å². The van der Waals surface area contributed by atoms with E-state index >= 15 is 0 Å². The summed E-state index contributed by atoms with van der Waals surface area (Å²) in [5.41, 5.74) is 0. The van der Waals surface area contributed by atoms with Crippen molar-refractivity contribution in [3.8, 4) is 0 Å². The van der Waals surface area contributed by atoms with Crippen molar-refractivity contribution in [2.45, 2.75) is 44.2 Å². The van der Waals surface area contributed by atoms with Crippen molar-refractivity contribution < 1.29 is 9.90 Å². The highest BCUT2D eigenvalue weighted by molar-refractivity contribution is 7.10. The molecule has 2 N–H and O–H groups in total. The maximum atomic E-state index is 11.0. The minimum Gasteiger partial charge on any atom is -0.481 e. The number of carboxylic acid groups (broad SMARTS) is 1. The lowest BCUT2D eigenvalue weighted by molar-refractivity contribution is -0.137. The summed E-state index contributed by atoms with van der Waals surface area (Å²) in [5.74, 6) is 0.883. The smallest absolute Gasteiger partial charge is 0.305 e. The van der Waals surface area contributed by atoms with Gasteiger partial charge in [-0.25, -0.2) is 0 Å². The molecule has 1 unspecified atom stereocenters. The van der Waals surface area contributed by atoms with E-state index in [1.54, 1.807) is 11.3 Å². The van der Waals surface area contributed by atoms with Crippen LogP contribution in [0.3, 0.4) is 0 Å². The summed E-state index contributed by atoms with van der Waals surface area (Å²) in [6, 6.07) is 4.59. The lowest BCUT2D eigenvalue weighted by atomic mass is 10.0. The van der Waals surface area contributed by atoms with E-state index in [9.17, 15) is 4.79 Å². The molecule has 2 aliphatic carbocycles. The van der Waals surface area contributed by atoms with Crippen molar-refractivity contribution in [3.05, 3.63) is 22.4 Å². The Balaban J connectivity index is 1.69. The Morgan fingerprint density at radius 2 is 2.06 bits per heavy atom. The Hall–Kier alpha value is -0.870. The summed E-state index contributed by atoms with van der Waals surface area (Å²) >= 11 is 1.65. The van der Waals surface area contributed by atoms with Crippen LogP contribution >= 0.6 is 11.3 Å². The zero-order valence-corrected chi connectivity index (χ0v) is 11.2. The number of carboxylic acids is 1. The summed E-state index contributed by atoms with van der Waals surface area (Å²) in [6.07, 6.45) is 5.46. The Bertz CT molecular complexity index is 397. The first kappa shape index (κ1) is 12.2. The predicted octanol–water partition coefficient (Wildman–Crippen LogP) is 3.04. The highest BCUT2D eigenvalue weighted by atomic mass is 32.1. The third-order valence-electron chi connectivity index (χ3n) is 3.92. The lowest BCUT2D eigenvalue weighted by Gasteiger charge is -2.24. The van der Waals surface area contributed by atoms with E-state index in [0.717, 1.165) is 16.7 Å². The Morgan fingerprint density at radius 3 is 2.50 bits per heavy atom. The fourth-order valence-corrected chi connectivity index (χ4v) is 3.49. The number of carbonyl (C=O) groups is 1. The number of nitrogens with one attached hydrogen (secondary N) is 1. The van der Waals surface area contributed by atoms with Crippen LogP contribution in [0.1, 0.15) is 43.0 Å². The lowest BCUT2D eigenvalue weighted by Crippen LogP contribution is -2.37. The molecule has 0 aromatic carbocycles. The van der Waals surface area contributed by atoms with E-state index in [1.165, 1.54) is 25.7 Å². The third-order valence-corrected chi connectivity index (χ3v) is 4.90. The standard InChI is InChI=1S/C14H19NO2S/c16-13(17)8-11(12-2-1-7-18-12)15-14(9-3-4-9)10-5-6-10/h1-2,7,9-11,14-15H,3-6,8H2,(H,16,17). The molecule has 2 aliphatic rings. The molecule has 3 nitrogen and oxygen atoms in total. The van der Waals surface area contributed by atoms with Crippen LogP contribution in [0.5, 0.6) is 0 Å². The summed E-state index contributed by atoms with van der Waals surface area (Å²) < 4.78 is 0. The number of thiophene rings is 1. The van der Waals surface area contributed by atoms with Crippen LogP contribution < -0.4 is 5.32 Å². The first-order chi connectivity index (χ1) is 8.74. The van der Waals surface area contributed by atoms with Crippen molar-refractivity contribution in [2.24, 2.45) is 11.8 Å². The molecule has 98 valence electrons. The van der Waals surface area contributed by atoms with E-state index in [4.69, 9.17) is 5.11 Å². The van der Waals surface area contributed by atoms with Crippen molar-refractivity contribution in [1.82, 2.24) is 5.32 Å². The van der Waals surface area contributed by atoms with Crippen LogP contribution in [0.4, 0.5) is 0 Å². The zero-order chi connectivity index (χ0) is 12.5. The first-order valence-corrected chi connectivity index (χ1v) is 7.63. The van der Waals surface area contributed by atoms with Crippen molar-refractivity contribution in [2.75, 3.05) is 0 Å². The number of hydrogen-bond donors (Lipinski definition) is 2. The molecule has 18 heavy (non-hydrogen) atoms. The number of rotatable bonds is 7. The number of hydrogen-bond acceptors (Lipinski definition) is 3. The maximum absolute atomic E-state index is 11.0. The molecule has 0 amide bonds. The molecule has 3 rings (SSSR count). The van der Waals surface area contributed by atoms with Crippen LogP contribution in [-0.4, -0.2) is 17.1 Å². The van der Waals surface area contributed by atoms with Gasteiger partial charge in [0.1, 0.15) is 0 Å². The van der Waals surface area contributed by atoms with Crippen molar-refractivity contribution in [1.29, 1.82) is 0 Å². The summed E-state index contributed by atoms with van der Waals surface area (Å²) in [7, 11) is 0. The number of aliphatic carboxylic acids is 1. The van der Waals surface area contributed by atoms with Gasteiger partial charge in [0.2, 0.25) is 0 Å². The third kappa shape index (κ3) is 2.93. The van der Waals surface area contributed by atoms with Crippen molar-refractivity contribution >= 4 is 17.3 Å². The predicted molar refractivity (Wildman–Crippen MR) is 71.7 cm³/mol. The normalized spacial score (nSPS) is 21.2. The van der Waals surface area contributed by atoms with Gasteiger partial charge in [0.15, 0.2) is 0 Å². The molecule has 1 heterocycles. The average molecular weight is 265 g/mol. The maximum Gasteiger partial charge on any atom is 0.305 e. The van der Waals surface area contributed by atoms with E-state index in [0.29, 0.717) is 6.04 Å². The highest BCUT2D eigenvalue weighted by Crippen LogP contribution is 2.45. The van der Waals surface area contributed by atoms with Crippen LogP contribution in [0.15, 0.2) is 17.5 Å². The molecule has 0 saturated heterocycles. The van der Waals surface area contributed by atoms with E-state index in [1.807, 2.05) is 17.5 Å². The van der Waals surface area contributed by atoms with Crippen LogP contribution in [0, 0.1) is 11.8 Å². The van der Waals surface area contributed by atoms with Gasteiger partial charge in [0, 0.05) is 10.9 Å². The quantitative estimate of drug-likeness (QED) is 0.796. The molecule has 2 saturated carbocycles. The molecule has 0 spiro atoms. The van der Waals surface area contributed by atoms with Gasteiger partial charge in [-0.1, -0.05) is 6.07 Å². The second kappa shape index (κ2) is 5.02. The summed E-state index contributed by atoms with van der Waals surface area (Å²) in [5, 5.41) is 14.7. The van der Waals surface area contributed by atoms with Gasteiger partial charge in [-0.05, 0) is 49.0 Å². The van der Waals surface area contributed by atoms with Crippen LogP contribution in [-0.2, 0) is 4.79 Å². The van der Waals surface area contributed by atoms with Crippen LogP contribution in [0.25, 0.3) is 0 Å². The average Bonchev–Trinajstić information content (AvgIpc) is 3.24. The van der Waals surface area contributed by atoms with E-state index < -0.39 is 5.97 Å². The van der Waals surface area contributed by atoms with Gasteiger partial charge in [-0.3, -0.25) is 4.79 Å². The van der Waals surface area contributed by atoms with E-state index in [-0.39, 0.29) is 12.5 Å². The Kier molecular flexibility index (Phi) is 3.39. The minimum atomic E-state index is -0.716.